The minimum Gasteiger partial charge on any atom is -0.453 e. The van der Waals surface area contributed by atoms with Crippen molar-refractivity contribution >= 4 is 30.0 Å². The minimum absolute atomic E-state index is 0.0617. The van der Waals surface area contributed by atoms with Crippen molar-refractivity contribution in [2.45, 2.75) is 51.9 Å². The predicted molar refractivity (Wildman–Crippen MR) is 83.0 cm³/mol. The maximum absolute atomic E-state index is 11.2. The normalized spacial score (nSPS) is 19.6. The molecule has 1 fully saturated rings. The van der Waals surface area contributed by atoms with Crippen LogP contribution in [0.15, 0.2) is 15.4 Å². The summed E-state index contributed by atoms with van der Waals surface area (Å²) in [5.74, 6) is -0.293. The van der Waals surface area contributed by atoms with Gasteiger partial charge in [-0.3, -0.25) is 0 Å². The Morgan fingerprint density at radius 3 is 2.42 bits per heavy atom. The maximum atomic E-state index is 11.2. The highest BCUT2D eigenvalue weighted by Gasteiger charge is 2.31. The Labute approximate surface area is 125 Å². The van der Waals surface area contributed by atoms with Gasteiger partial charge in [0.25, 0.3) is 0 Å². The molecule has 5 heteroatoms. The molecule has 1 atom stereocenters. The Hall–Kier alpha value is -0.353. The molecule has 0 aliphatic carbocycles. The van der Waals surface area contributed by atoms with Crippen molar-refractivity contribution in [3.05, 3.63) is 15.4 Å². The van der Waals surface area contributed by atoms with Crippen LogP contribution in [0, 0.1) is 0 Å². The summed E-state index contributed by atoms with van der Waals surface area (Å²) in [4.78, 5) is 11.2. The van der Waals surface area contributed by atoms with Crippen LogP contribution in [-0.4, -0.2) is 33.4 Å². The number of cyclic esters (lactones) is 1. The van der Waals surface area contributed by atoms with E-state index in [1.54, 1.807) is 0 Å². The van der Waals surface area contributed by atoms with Crippen LogP contribution in [0.25, 0.3) is 0 Å². The van der Waals surface area contributed by atoms with Crippen molar-refractivity contribution < 1.29 is 14.3 Å². The average molecular weight is 347 g/mol. The Kier molecular flexibility index (Phi) is 6.53. The first-order valence-corrected chi connectivity index (χ1v) is 10.3. The lowest BCUT2D eigenvalue weighted by Gasteiger charge is -2.27. The fraction of sp³-hybridized carbons (Fsp3) is 0.714. The van der Waals surface area contributed by atoms with Crippen molar-refractivity contribution in [2.24, 2.45) is 0 Å². The van der Waals surface area contributed by atoms with E-state index in [1.165, 1.54) is 22.2 Å². The summed E-state index contributed by atoms with van der Waals surface area (Å²) in [5, 5.41) is 0. The minimum atomic E-state index is -1.44. The Morgan fingerprint density at radius 2 is 1.95 bits per heavy atom. The number of halogens is 1. The Morgan fingerprint density at radius 1 is 1.37 bits per heavy atom. The molecule has 0 amide bonds. The summed E-state index contributed by atoms with van der Waals surface area (Å²) in [6.45, 7) is 9.20. The Balaban J connectivity index is 3.01. The number of esters is 1. The van der Waals surface area contributed by atoms with Gasteiger partial charge in [0.1, 0.15) is 14.7 Å². The van der Waals surface area contributed by atoms with Crippen LogP contribution in [0.5, 0.6) is 0 Å². The van der Waals surface area contributed by atoms with E-state index < -0.39 is 8.07 Å². The highest BCUT2D eigenvalue weighted by atomic mass is 79.9. The van der Waals surface area contributed by atoms with Crippen molar-refractivity contribution in [3.8, 4) is 0 Å². The van der Waals surface area contributed by atoms with E-state index in [1.807, 2.05) is 6.92 Å². The highest BCUT2D eigenvalue weighted by molar-refractivity contribution is 9.12. The van der Waals surface area contributed by atoms with Gasteiger partial charge in [0.2, 0.25) is 0 Å². The average Bonchev–Trinajstić information content (AvgIpc) is 2.41. The molecule has 1 heterocycles. The molecule has 0 aromatic heterocycles. The van der Waals surface area contributed by atoms with Gasteiger partial charge in [0, 0.05) is 9.68 Å². The quantitative estimate of drug-likeness (QED) is 0.431. The molecule has 19 heavy (non-hydrogen) atoms. The zero-order chi connectivity index (χ0) is 14.5. The smallest absolute Gasteiger partial charge is 0.332 e. The summed E-state index contributed by atoms with van der Waals surface area (Å²) >= 11 is 3.73. The second kappa shape index (κ2) is 7.43. The van der Waals surface area contributed by atoms with Crippen LogP contribution < -0.4 is 0 Å². The largest absolute Gasteiger partial charge is 0.453 e. The first kappa shape index (κ1) is 16.7. The van der Waals surface area contributed by atoms with E-state index in [0.29, 0.717) is 6.61 Å². The zero-order valence-corrected chi connectivity index (χ0v) is 14.8. The number of ether oxygens (including phenoxy) is 2. The third kappa shape index (κ3) is 4.05. The SMILES string of the molecule is CC[Si](CC)(CC)C(Br)=C=C(C)[C@@H]1COCC(=O)O1. The van der Waals surface area contributed by atoms with Crippen LogP contribution in [0.4, 0.5) is 0 Å². The molecule has 108 valence electrons. The van der Waals surface area contributed by atoms with Crippen molar-refractivity contribution in [3.63, 3.8) is 0 Å². The van der Waals surface area contributed by atoms with Crippen molar-refractivity contribution in [2.75, 3.05) is 13.2 Å². The van der Waals surface area contributed by atoms with Gasteiger partial charge in [-0.05, 0) is 6.92 Å². The second-order valence-corrected chi connectivity index (χ2v) is 11.7. The number of rotatable bonds is 5. The molecular formula is C14H23BrO3Si. The van der Waals surface area contributed by atoms with Gasteiger partial charge in [-0.15, -0.1) is 5.73 Å². The van der Waals surface area contributed by atoms with E-state index in [-0.39, 0.29) is 18.7 Å². The van der Waals surface area contributed by atoms with Crippen LogP contribution in [0.1, 0.15) is 27.7 Å². The number of hydrogen-bond acceptors (Lipinski definition) is 3. The molecule has 3 nitrogen and oxygen atoms in total. The lowest BCUT2D eigenvalue weighted by molar-refractivity contribution is -0.166. The lowest BCUT2D eigenvalue weighted by atomic mass is 10.2. The number of carbonyl (C=O) groups is 1. The van der Waals surface area contributed by atoms with Crippen LogP contribution in [0.3, 0.4) is 0 Å². The van der Waals surface area contributed by atoms with Crippen LogP contribution in [-0.2, 0) is 14.3 Å². The molecule has 0 aromatic carbocycles. The highest BCUT2D eigenvalue weighted by Crippen LogP contribution is 2.32. The third-order valence-electron chi connectivity index (χ3n) is 4.05. The lowest BCUT2D eigenvalue weighted by Crippen LogP contribution is -2.34. The third-order valence-corrected chi connectivity index (χ3v) is 11.9. The molecule has 1 rings (SSSR count). The monoisotopic (exact) mass is 346 g/mol. The van der Waals surface area contributed by atoms with E-state index in [2.05, 4.69) is 42.4 Å². The van der Waals surface area contributed by atoms with E-state index in [4.69, 9.17) is 9.47 Å². The Bertz CT molecular complexity index is 387. The first-order valence-electron chi connectivity index (χ1n) is 6.89. The van der Waals surface area contributed by atoms with E-state index in [9.17, 15) is 4.79 Å². The van der Waals surface area contributed by atoms with Gasteiger partial charge in [-0.25, -0.2) is 4.79 Å². The van der Waals surface area contributed by atoms with E-state index in [0.717, 1.165) is 5.57 Å². The molecule has 0 spiro atoms. The van der Waals surface area contributed by atoms with Crippen LogP contribution in [0.2, 0.25) is 18.1 Å². The standard InChI is InChI=1S/C14H23BrO3Si/c1-5-19(6-2,7-3)13(15)8-11(4)12-9-17-10-14(16)18-12/h12H,5-7,9-10H2,1-4H3/t8?,12-/m0/s1. The molecule has 0 saturated carbocycles. The summed E-state index contributed by atoms with van der Waals surface area (Å²) in [5.41, 5.74) is 4.36. The fourth-order valence-electron chi connectivity index (χ4n) is 2.29. The predicted octanol–water partition coefficient (Wildman–Crippen LogP) is 3.80. The van der Waals surface area contributed by atoms with Crippen molar-refractivity contribution in [1.82, 2.24) is 0 Å². The van der Waals surface area contributed by atoms with Gasteiger partial charge in [-0.2, -0.15) is 0 Å². The number of carbonyl (C=O) groups excluding carboxylic acids is 1. The summed E-state index contributed by atoms with van der Waals surface area (Å²) in [6, 6.07) is 3.59. The van der Waals surface area contributed by atoms with E-state index >= 15 is 0 Å². The summed E-state index contributed by atoms with van der Waals surface area (Å²) in [6.07, 6.45) is -0.286. The number of hydrogen-bond donors (Lipinski definition) is 0. The first-order chi connectivity index (χ1) is 8.99. The van der Waals surface area contributed by atoms with Gasteiger partial charge < -0.3 is 9.47 Å². The topological polar surface area (TPSA) is 35.5 Å². The summed E-state index contributed by atoms with van der Waals surface area (Å²) in [7, 11) is -1.44. The van der Waals surface area contributed by atoms with Crippen LogP contribution >= 0.6 is 15.9 Å². The maximum Gasteiger partial charge on any atom is 0.332 e. The zero-order valence-electron chi connectivity index (χ0n) is 12.2. The molecule has 1 aliphatic heterocycles. The summed E-state index contributed by atoms with van der Waals surface area (Å²) < 4.78 is 11.7. The molecule has 0 bridgehead atoms. The van der Waals surface area contributed by atoms with Gasteiger partial charge >= 0.3 is 5.97 Å². The van der Waals surface area contributed by atoms with Crippen molar-refractivity contribution in [1.29, 1.82) is 0 Å². The molecule has 0 N–H and O–H groups in total. The molecule has 0 aromatic rings. The molecule has 1 aliphatic rings. The molecular weight excluding hydrogens is 324 g/mol. The van der Waals surface area contributed by atoms with Gasteiger partial charge in [0.15, 0.2) is 6.10 Å². The molecule has 0 unspecified atom stereocenters. The molecule has 1 saturated heterocycles. The fourth-order valence-corrected chi connectivity index (χ4v) is 8.02. The second-order valence-electron chi connectivity index (χ2n) is 4.96. The molecule has 0 radical (unpaired) electrons. The van der Waals surface area contributed by atoms with Gasteiger partial charge in [-0.1, -0.05) is 54.8 Å². The van der Waals surface area contributed by atoms with Gasteiger partial charge in [0.05, 0.1) is 6.61 Å².